The van der Waals surface area contributed by atoms with Crippen LogP contribution < -0.4 is 5.56 Å². The molecule has 0 saturated heterocycles. The number of hydrogen-bond acceptors (Lipinski definition) is 4. The summed E-state index contributed by atoms with van der Waals surface area (Å²) in [6.07, 6.45) is 3.37. The van der Waals surface area contributed by atoms with Gasteiger partial charge in [-0.3, -0.25) is 4.79 Å². The van der Waals surface area contributed by atoms with Crippen molar-refractivity contribution in [2.45, 2.75) is 6.92 Å². The molecule has 0 aromatic carbocycles. The number of aryl methyl sites for hydroxylation is 1. The minimum absolute atomic E-state index is 0.188. The summed E-state index contributed by atoms with van der Waals surface area (Å²) in [7, 11) is 0. The van der Waals surface area contributed by atoms with Crippen molar-refractivity contribution >= 4 is 24.9 Å². The topological polar surface area (TPSA) is 72.2 Å². The summed E-state index contributed by atoms with van der Waals surface area (Å²) in [5.41, 5.74) is -0.202. The Balaban J connectivity index is 3.19. The largest absolute Gasteiger partial charge is 0.478 e. The number of hydrogen-bond donors (Lipinski definition) is 2. The van der Waals surface area contributed by atoms with Crippen LogP contribution in [0.1, 0.15) is 11.4 Å². The van der Waals surface area contributed by atoms with E-state index >= 15 is 0 Å². The maximum Gasteiger partial charge on any atom is 0.328 e. The highest BCUT2D eigenvalue weighted by molar-refractivity contribution is 7.78. The van der Waals surface area contributed by atoms with Crippen LogP contribution in [0.5, 0.6) is 0 Å². The van der Waals surface area contributed by atoms with Gasteiger partial charge in [-0.05, 0) is 13.0 Å². The molecule has 0 aliphatic heterocycles. The fraction of sp³-hybridized carbons (Fsp3) is 0.125. The maximum atomic E-state index is 11.4. The number of carboxylic acids is 1. The lowest BCUT2D eigenvalue weighted by Gasteiger charge is -2.00. The Bertz CT molecular complexity index is 450. The summed E-state index contributed by atoms with van der Waals surface area (Å²) in [5, 5.41) is 8.35. The van der Waals surface area contributed by atoms with E-state index < -0.39 is 11.5 Å². The lowest BCUT2D eigenvalue weighted by molar-refractivity contribution is -0.131. The molecule has 0 bridgehead atoms. The zero-order valence-electron chi connectivity index (χ0n) is 7.34. The molecule has 6 heteroatoms. The molecule has 0 saturated carbocycles. The number of aliphatic carboxylic acids is 1. The number of thiol groups is 1. The van der Waals surface area contributed by atoms with E-state index in [1.807, 2.05) is 0 Å². The minimum Gasteiger partial charge on any atom is -0.478 e. The Morgan fingerprint density at radius 1 is 1.71 bits per heavy atom. The summed E-state index contributed by atoms with van der Waals surface area (Å²) in [6.45, 7) is 1.62. The summed E-state index contributed by atoms with van der Waals surface area (Å²) < 4.78 is 1.06. The van der Waals surface area contributed by atoms with Gasteiger partial charge in [0.05, 0.1) is 5.56 Å². The zero-order chi connectivity index (χ0) is 10.7. The monoisotopic (exact) mass is 212 g/mol. The number of nitrogens with zero attached hydrogens (tertiary/aromatic N) is 2. The van der Waals surface area contributed by atoms with Crippen LogP contribution in [0.3, 0.4) is 0 Å². The fourth-order valence-electron chi connectivity index (χ4n) is 0.817. The Morgan fingerprint density at radius 2 is 2.36 bits per heavy atom. The van der Waals surface area contributed by atoms with Crippen molar-refractivity contribution in [2.75, 3.05) is 0 Å². The van der Waals surface area contributed by atoms with Gasteiger partial charge in [0.2, 0.25) is 0 Å². The molecule has 0 amide bonds. The van der Waals surface area contributed by atoms with Gasteiger partial charge in [-0.1, -0.05) is 12.8 Å². The van der Waals surface area contributed by atoms with Crippen molar-refractivity contribution in [2.24, 2.45) is 0 Å². The highest BCUT2D eigenvalue weighted by Gasteiger charge is 2.01. The van der Waals surface area contributed by atoms with Crippen LogP contribution in [0, 0.1) is 6.92 Å². The van der Waals surface area contributed by atoms with Crippen LogP contribution in [-0.4, -0.2) is 20.0 Å². The van der Waals surface area contributed by atoms with Crippen LogP contribution in [0.15, 0.2) is 17.1 Å². The van der Waals surface area contributed by atoms with Gasteiger partial charge in [-0.15, -0.1) is 0 Å². The third-order valence-corrected chi connectivity index (χ3v) is 2.01. The van der Waals surface area contributed by atoms with Crippen molar-refractivity contribution in [3.8, 4) is 0 Å². The van der Waals surface area contributed by atoms with E-state index in [1.54, 1.807) is 6.92 Å². The van der Waals surface area contributed by atoms with Crippen molar-refractivity contribution < 1.29 is 9.90 Å². The lowest BCUT2D eigenvalue weighted by atomic mass is 10.3. The first kappa shape index (κ1) is 10.5. The van der Waals surface area contributed by atoms with E-state index in [2.05, 4.69) is 17.8 Å². The average Bonchev–Trinajstić information content (AvgIpc) is 2.13. The quantitative estimate of drug-likeness (QED) is 0.548. The molecule has 0 radical (unpaired) electrons. The molecule has 0 unspecified atom stereocenters. The van der Waals surface area contributed by atoms with Crippen LogP contribution in [0.4, 0.5) is 0 Å². The minimum atomic E-state index is -1.12. The predicted molar refractivity (Wildman–Crippen MR) is 54.3 cm³/mol. The van der Waals surface area contributed by atoms with Gasteiger partial charge in [0.15, 0.2) is 0 Å². The first-order valence-corrected chi connectivity index (χ1v) is 4.11. The van der Waals surface area contributed by atoms with Crippen molar-refractivity contribution in [1.82, 2.24) is 8.96 Å². The third kappa shape index (κ3) is 2.23. The molecular weight excluding hydrogens is 204 g/mol. The second kappa shape index (κ2) is 4.10. The van der Waals surface area contributed by atoms with Crippen molar-refractivity contribution in [3.63, 3.8) is 0 Å². The van der Waals surface area contributed by atoms with E-state index in [-0.39, 0.29) is 5.56 Å². The molecule has 0 atom stereocenters. The standard InChI is InChI=1S/C8H8N2O3S/c1-5-9-4-6(2-3-7(11)12)8(13)10(5)14/h2-4,14H,1H3,(H,11,12). The van der Waals surface area contributed by atoms with Crippen LogP contribution >= 0.6 is 12.8 Å². The van der Waals surface area contributed by atoms with Gasteiger partial charge < -0.3 is 5.11 Å². The summed E-state index contributed by atoms with van der Waals surface area (Å²) in [6, 6.07) is 0. The first-order chi connectivity index (χ1) is 6.52. The summed E-state index contributed by atoms with van der Waals surface area (Å²) in [5.74, 6) is -0.665. The molecule has 74 valence electrons. The number of rotatable bonds is 2. The molecule has 14 heavy (non-hydrogen) atoms. The van der Waals surface area contributed by atoms with E-state index in [4.69, 9.17) is 5.11 Å². The molecule has 0 aliphatic rings. The van der Waals surface area contributed by atoms with Gasteiger partial charge >= 0.3 is 5.97 Å². The molecule has 1 heterocycles. The molecule has 1 aromatic rings. The Kier molecular flexibility index (Phi) is 3.08. The molecule has 5 nitrogen and oxygen atoms in total. The molecule has 1 aromatic heterocycles. The molecule has 0 spiro atoms. The summed E-state index contributed by atoms with van der Waals surface area (Å²) in [4.78, 5) is 25.5. The highest BCUT2D eigenvalue weighted by atomic mass is 32.1. The lowest BCUT2D eigenvalue weighted by Crippen LogP contribution is -2.18. The molecule has 1 N–H and O–H groups in total. The van der Waals surface area contributed by atoms with Crippen molar-refractivity contribution in [3.05, 3.63) is 34.0 Å². The number of carboxylic acid groups (broad SMARTS) is 1. The molecule has 0 aliphatic carbocycles. The number of carbonyl (C=O) groups is 1. The second-order valence-electron chi connectivity index (χ2n) is 2.55. The van der Waals surface area contributed by atoms with E-state index in [0.717, 1.165) is 10.0 Å². The SMILES string of the molecule is Cc1ncc(C=CC(=O)O)c(=O)n1S. The Morgan fingerprint density at radius 3 is 2.93 bits per heavy atom. The van der Waals surface area contributed by atoms with Crippen molar-refractivity contribution in [1.29, 1.82) is 0 Å². The van der Waals surface area contributed by atoms with E-state index in [1.165, 1.54) is 12.3 Å². The van der Waals surface area contributed by atoms with Crippen LogP contribution in [0.25, 0.3) is 6.08 Å². The highest BCUT2D eigenvalue weighted by Crippen LogP contribution is 1.97. The molecule has 0 fully saturated rings. The van der Waals surface area contributed by atoms with Crippen LogP contribution in [0.2, 0.25) is 0 Å². The Hall–Kier alpha value is -1.56. The molecular formula is C8H8N2O3S. The van der Waals surface area contributed by atoms with Gasteiger partial charge in [-0.2, -0.15) is 0 Å². The molecule has 1 rings (SSSR count). The normalized spacial score (nSPS) is 10.7. The average molecular weight is 212 g/mol. The predicted octanol–water partition coefficient (Wildman–Crippen LogP) is 0.342. The number of aromatic nitrogens is 2. The van der Waals surface area contributed by atoms with E-state index in [9.17, 15) is 9.59 Å². The van der Waals surface area contributed by atoms with Gasteiger partial charge in [0, 0.05) is 12.3 Å². The Labute approximate surface area is 85.3 Å². The fourth-order valence-corrected chi connectivity index (χ4v) is 0.985. The van der Waals surface area contributed by atoms with Gasteiger partial charge in [0.25, 0.3) is 5.56 Å². The van der Waals surface area contributed by atoms with Gasteiger partial charge in [0.1, 0.15) is 5.82 Å². The van der Waals surface area contributed by atoms with Gasteiger partial charge in [-0.25, -0.2) is 13.8 Å². The summed E-state index contributed by atoms with van der Waals surface area (Å²) >= 11 is 3.89. The maximum absolute atomic E-state index is 11.4. The zero-order valence-corrected chi connectivity index (χ0v) is 8.23. The van der Waals surface area contributed by atoms with E-state index in [0.29, 0.717) is 5.82 Å². The smallest absolute Gasteiger partial charge is 0.328 e. The third-order valence-electron chi connectivity index (χ3n) is 1.54. The second-order valence-corrected chi connectivity index (χ2v) is 2.95. The van der Waals surface area contributed by atoms with Crippen LogP contribution in [-0.2, 0) is 4.79 Å². The first-order valence-electron chi connectivity index (χ1n) is 3.71.